The second-order valence-corrected chi connectivity index (χ2v) is 1.38. The Bertz CT molecular complexity index is 127. The van der Waals surface area contributed by atoms with Gasteiger partial charge in [0.05, 0.1) is 0 Å². The first kappa shape index (κ1) is 7.97. The van der Waals surface area contributed by atoms with Crippen LogP contribution in [0.4, 0.5) is 0 Å². The maximum absolute atomic E-state index is 10.1. The minimum Gasteiger partial charge on any atom is -0.502 e. The van der Waals surface area contributed by atoms with Gasteiger partial charge in [-0.1, -0.05) is 6.92 Å². The standard InChI is InChI=1S/C5H8O4/c1-2-3-4(6)5(7)9-8/h3,6,8H,2H2,1H3/b4-3-. The van der Waals surface area contributed by atoms with Crippen molar-refractivity contribution >= 4 is 5.97 Å². The Balaban J connectivity index is 3.86. The molecule has 0 aliphatic carbocycles. The first-order chi connectivity index (χ1) is 4.22. The van der Waals surface area contributed by atoms with Crippen LogP contribution in [-0.2, 0) is 9.68 Å². The van der Waals surface area contributed by atoms with E-state index in [1.54, 1.807) is 6.92 Å². The van der Waals surface area contributed by atoms with Gasteiger partial charge in [0.2, 0.25) is 5.76 Å². The largest absolute Gasteiger partial charge is 0.502 e. The second-order valence-electron chi connectivity index (χ2n) is 1.38. The summed E-state index contributed by atoms with van der Waals surface area (Å²) in [5.41, 5.74) is 0. The lowest BCUT2D eigenvalue weighted by Gasteiger charge is -1.91. The van der Waals surface area contributed by atoms with E-state index in [1.165, 1.54) is 6.08 Å². The van der Waals surface area contributed by atoms with Crippen LogP contribution in [0.2, 0.25) is 0 Å². The van der Waals surface area contributed by atoms with E-state index >= 15 is 0 Å². The van der Waals surface area contributed by atoms with E-state index in [-0.39, 0.29) is 0 Å². The lowest BCUT2D eigenvalue weighted by Crippen LogP contribution is -2.03. The maximum Gasteiger partial charge on any atom is 0.406 e. The van der Waals surface area contributed by atoms with Crippen LogP contribution >= 0.6 is 0 Å². The normalized spacial score (nSPS) is 11.1. The predicted octanol–water partition coefficient (Wildman–Crippen LogP) is 0.855. The molecule has 0 unspecified atom stereocenters. The Labute approximate surface area is 52.3 Å². The van der Waals surface area contributed by atoms with Crippen molar-refractivity contribution in [3.05, 3.63) is 11.8 Å². The number of rotatable bonds is 2. The van der Waals surface area contributed by atoms with E-state index in [0.29, 0.717) is 6.42 Å². The van der Waals surface area contributed by atoms with E-state index in [4.69, 9.17) is 10.4 Å². The minimum atomic E-state index is -1.13. The van der Waals surface area contributed by atoms with E-state index in [0.717, 1.165) is 0 Å². The molecular formula is C5H8O4. The summed E-state index contributed by atoms with van der Waals surface area (Å²) in [5.74, 6) is -1.70. The molecule has 2 N–H and O–H groups in total. The SMILES string of the molecule is CC/C=C(\O)C(=O)OO. The molecule has 0 saturated heterocycles. The number of carbonyl (C=O) groups excluding carboxylic acids is 1. The van der Waals surface area contributed by atoms with Crippen molar-refractivity contribution < 1.29 is 20.0 Å². The molecule has 0 radical (unpaired) electrons. The fraction of sp³-hybridized carbons (Fsp3) is 0.400. The highest BCUT2D eigenvalue weighted by Gasteiger charge is 2.05. The second kappa shape index (κ2) is 3.91. The van der Waals surface area contributed by atoms with E-state index < -0.39 is 11.7 Å². The number of allylic oxidation sites excluding steroid dienone is 1. The van der Waals surface area contributed by atoms with Crippen molar-refractivity contribution in [2.45, 2.75) is 13.3 Å². The van der Waals surface area contributed by atoms with Gasteiger partial charge in [-0.05, 0) is 12.5 Å². The molecule has 0 aromatic carbocycles. The Morgan fingerprint density at radius 2 is 2.33 bits per heavy atom. The van der Waals surface area contributed by atoms with Gasteiger partial charge < -0.3 is 5.11 Å². The zero-order chi connectivity index (χ0) is 7.28. The van der Waals surface area contributed by atoms with Crippen LogP contribution in [0.5, 0.6) is 0 Å². The van der Waals surface area contributed by atoms with Crippen molar-refractivity contribution in [3.8, 4) is 0 Å². The van der Waals surface area contributed by atoms with Gasteiger partial charge in [0.25, 0.3) is 0 Å². The van der Waals surface area contributed by atoms with Gasteiger partial charge in [0.15, 0.2) is 0 Å². The molecule has 52 valence electrons. The van der Waals surface area contributed by atoms with Gasteiger partial charge in [-0.3, -0.25) is 4.89 Å². The smallest absolute Gasteiger partial charge is 0.406 e. The molecular weight excluding hydrogens is 124 g/mol. The molecule has 0 atom stereocenters. The molecule has 0 aromatic rings. The van der Waals surface area contributed by atoms with Crippen LogP contribution in [0.3, 0.4) is 0 Å². The van der Waals surface area contributed by atoms with Crippen molar-refractivity contribution in [1.29, 1.82) is 0 Å². The van der Waals surface area contributed by atoms with Crippen LogP contribution in [0.15, 0.2) is 11.8 Å². The van der Waals surface area contributed by atoms with Gasteiger partial charge in [0, 0.05) is 0 Å². The third kappa shape index (κ3) is 2.71. The van der Waals surface area contributed by atoms with Gasteiger partial charge >= 0.3 is 5.97 Å². The molecule has 4 nitrogen and oxygen atoms in total. The Morgan fingerprint density at radius 1 is 1.78 bits per heavy atom. The third-order valence-electron chi connectivity index (χ3n) is 0.690. The zero-order valence-electron chi connectivity index (χ0n) is 5.00. The molecule has 0 aromatic heterocycles. The highest BCUT2D eigenvalue weighted by molar-refractivity contribution is 5.84. The summed E-state index contributed by atoms with van der Waals surface area (Å²) in [4.78, 5) is 13.3. The van der Waals surface area contributed by atoms with E-state index in [2.05, 4.69) is 4.89 Å². The molecule has 0 amide bonds. The maximum atomic E-state index is 10.1. The van der Waals surface area contributed by atoms with Crippen molar-refractivity contribution in [2.24, 2.45) is 0 Å². The number of aliphatic hydroxyl groups excluding tert-OH is 1. The molecule has 4 heteroatoms. The first-order valence-electron chi connectivity index (χ1n) is 2.47. The highest BCUT2D eigenvalue weighted by Crippen LogP contribution is 1.92. The Hall–Kier alpha value is -1.03. The van der Waals surface area contributed by atoms with Crippen LogP contribution in [0.1, 0.15) is 13.3 Å². The first-order valence-corrected chi connectivity index (χ1v) is 2.47. The third-order valence-corrected chi connectivity index (χ3v) is 0.690. The summed E-state index contributed by atoms with van der Waals surface area (Å²) < 4.78 is 0. The van der Waals surface area contributed by atoms with E-state index in [1.807, 2.05) is 0 Å². The van der Waals surface area contributed by atoms with Crippen LogP contribution in [-0.4, -0.2) is 16.3 Å². The fourth-order valence-corrected chi connectivity index (χ4v) is 0.323. The summed E-state index contributed by atoms with van der Waals surface area (Å²) in [7, 11) is 0. The lowest BCUT2D eigenvalue weighted by atomic mass is 10.4. The van der Waals surface area contributed by atoms with Gasteiger partial charge in [0.1, 0.15) is 0 Å². The molecule has 0 heterocycles. The summed E-state index contributed by atoms with van der Waals surface area (Å²) in [6.07, 6.45) is 1.75. The van der Waals surface area contributed by atoms with Gasteiger partial charge in [-0.25, -0.2) is 4.79 Å². The average molecular weight is 132 g/mol. The Kier molecular flexibility index (Phi) is 3.46. The lowest BCUT2D eigenvalue weighted by molar-refractivity contribution is -0.232. The summed E-state index contributed by atoms with van der Waals surface area (Å²) >= 11 is 0. The molecule has 0 saturated carbocycles. The van der Waals surface area contributed by atoms with Crippen molar-refractivity contribution in [1.82, 2.24) is 0 Å². The monoisotopic (exact) mass is 132 g/mol. The molecule has 0 aliphatic rings. The number of hydrogen-bond acceptors (Lipinski definition) is 4. The summed E-state index contributed by atoms with van der Waals surface area (Å²) in [6, 6.07) is 0. The fourth-order valence-electron chi connectivity index (χ4n) is 0.323. The van der Waals surface area contributed by atoms with Crippen molar-refractivity contribution in [2.75, 3.05) is 0 Å². The van der Waals surface area contributed by atoms with Crippen molar-refractivity contribution in [3.63, 3.8) is 0 Å². The number of aliphatic hydroxyl groups is 1. The zero-order valence-corrected chi connectivity index (χ0v) is 5.00. The highest BCUT2D eigenvalue weighted by atomic mass is 17.1. The molecule has 0 bridgehead atoms. The Morgan fingerprint density at radius 3 is 2.67 bits per heavy atom. The summed E-state index contributed by atoms with van der Waals surface area (Å²) in [5, 5.41) is 16.2. The van der Waals surface area contributed by atoms with Crippen LogP contribution in [0.25, 0.3) is 0 Å². The molecule has 0 aliphatic heterocycles. The number of hydrogen-bond donors (Lipinski definition) is 2. The summed E-state index contributed by atoms with van der Waals surface area (Å²) in [6.45, 7) is 1.74. The predicted molar refractivity (Wildman–Crippen MR) is 29.7 cm³/mol. The average Bonchev–Trinajstić information content (AvgIpc) is 1.87. The minimum absolute atomic E-state index is 0.515. The molecule has 0 fully saturated rings. The topological polar surface area (TPSA) is 66.8 Å². The molecule has 0 spiro atoms. The quantitative estimate of drug-likeness (QED) is 0.253. The molecule has 9 heavy (non-hydrogen) atoms. The molecule has 0 rings (SSSR count). The van der Waals surface area contributed by atoms with Gasteiger partial charge in [-0.15, -0.1) is 0 Å². The number of carbonyl (C=O) groups is 1. The van der Waals surface area contributed by atoms with E-state index in [9.17, 15) is 4.79 Å². The van der Waals surface area contributed by atoms with Crippen LogP contribution < -0.4 is 0 Å². The van der Waals surface area contributed by atoms with Gasteiger partial charge in [-0.2, -0.15) is 5.26 Å². The van der Waals surface area contributed by atoms with Crippen LogP contribution in [0, 0.1) is 0 Å².